The number of nitrogen functional groups attached to an aromatic ring is 1. The number of aromatic nitrogens is 1. The van der Waals surface area contributed by atoms with Crippen molar-refractivity contribution in [1.29, 1.82) is 0 Å². The number of nitrogens with one attached hydrogen (secondary N) is 1. The van der Waals surface area contributed by atoms with E-state index in [4.69, 9.17) is 10.5 Å². The maximum Gasteiger partial charge on any atom is 0.258 e. The average Bonchev–Trinajstić information content (AvgIpc) is 3.20. The molecule has 0 saturated heterocycles. The first-order chi connectivity index (χ1) is 10.1. The van der Waals surface area contributed by atoms with Crippen LogP contribution in [0.2, 0.25) is 0 Å². The van der Waals surface area contributed by atoms with Crippen molar-refractivity contribution in [1.82, 2.24) is 9.69 Å². The van der Waals surface area contributed by atoms with Gasteiger partial charge in [-0.2, -0.15) is 4.37 Å². The second-order valence-electron chi connectivity index (χ2n) is 5.44. The van der Waals surface area contributed by atoms with Crippen molar-refractivity contribution in [2.75, 3.05) is 30.9 Å². The molecule has 1 saturated carbocycles. The third-order valence-corrected chi connectivity index (χ3v) is 4.66. The minimum absolute atomic E-state index is 0.107. The minimum Gasteiger partial charge on any atom is -0.383 e. The maximum atomic E-state index is 12.4. The maximum absolute atomic E-state index is 12.4. The predicted octanol–water partition coefficient (Wildman–Crippen LogP) is 1.87. The number of rotatable bonds is 8. The highest BCUT2D eigenvalue weighted by Gasteiger charge is 2.30. The van der Waals surface area contributed by atoms with E-state index in [1.54, 1.807) is 7.11 Å². The van der Waals surface area contributed by atoms with Gasteiger partial charge in [-0.25, -0.2) is 0 Å². The summed E-state index contributed by atoms with van der Waals surface area (Å²) in [4.78, 5) is 14.6. The zero-order valence-electron chi connectivity index (χ0n) is 12.9. The van der Waals surface area contributed by atoms with Gasteiger partial charge in [-0.15, -0.1) is 0 Å². The molecule has 1 aliphatic carbocycles. The topological polar surface area (TPSA) is 80.5 Å². The van der Waals surface area contributed by atoms with E-state index >= 15 is 0 Å². The number of anilines is 2. The van der Waals surface area contributed by atoms with Crippen LogP contribution in [0.4, 0.5) is 10.8 Å². The van der Waals surface area contributed by atoms with Gasteiger partial charge in [-0.05, 0) is 37.7 Å². The second-order valence-corrected chi connectivity index (χ2v) is 6.19. The van der Waals surface area contributed by atoms with E-state index in [9.17, 15) is 4.79 Å². The normalized spacial score (nSPS) is 15.8. The Labute approximate surface area is 129 Å². The molecule has 1 atom stereocenters. The standard InChI is InChI=1S/C14H24N4O2S/c1-4-9(2)18(7-8-20-3)14-11(12(15)17-21-14)13(19)16-10-5-6-10/h9-10H,4-8H2,1-3H3,(H2,15,17)(H,16,19). The van der Waals surface area contributed by atoms with Gasteiger partial charge >= 0.3 is 0 Å². The van der Waals surface area contributed by atoms with E-state index in [1.165, 1.54) is 11.5 Å². The molecule has 118 valence electrons. The van der Waals surface area contributed by atoms with Crippen molar-refractivity contribution in [3.05, 3.63) is 5.56 Å². The lowest BCUT2D eigenvalue weighted by Crippen LogP contribution is -2.37. The van der Waals surface area contributed by atoms with Gasteiger partial charge in [-0.1, -0.05) is 6.92 Å². The summed E-state index contributed by atoms with van der Waals surface area (Å²) in [6.45, 7) is 5.58. The van der Waals surface area contributed by atoms with Gasteiger partial charge in [0.05, 0.1) is 6.61 Å². The molecule has 3 N–H and O–H groups in total. The highest BCUT2D eigenvalue weighted by atomic mass is 32.1. The summed E-state index contributed by atoms with van der Waals surface area (Å²) in [6.07, 6.45) is 3.08. The van der Waals surface area contributed by atoms with Gasteiger partial charge < -0.3 is 20.7 Å². The summed E-state index contributed by atoms with van der Waals surface area (Å²) in [5.41, 5.74) is 6.44. The Balaban J connectivity index is 2.24. The van der Waals surface area contributed by atoms with E-state index in [0.29, 0.717) is 30.1 Å². The molecule has 0 aromatic carbocycles. The molecule has 1 unspecified atom stereocenters. The Bertz CT molecular complexity index is 487. The molecule has 7 heteroatoms. The highest BCUT2D eigenvalue weighted by Crippen LogP contribution is 2.33. The third kappa shape index (κ3) is 3.85. The first kappa shape index (κ1) is 16.0. The molecule has 1 heterocycles. The van der Waals surface area contributed by atoms with Gasteiger partial charge in [-0.3, -0.25) is 4.79 Å². The number of methoxy groups -OCH3 is 1. The second kappa shape index (κ2) is 7.09. The Kier molecular flexibility index (Phi) is 5.41. The lowest BCUT2D eigenvalue weighted by atomic mass is 10.2. The number of hydrogen-bond donors (Lipinski definition) is 2. The lowest BCUT2D eigenvalue weighted by molar-refractivity contribution is 0.0952. The molecule has 1 amide bonds. The molecular weight excluding hydrogens is 288 g/mol. The molecule has 0 spiro atoms. The van der Waals surface area contributed by atoms with E-state index in [2.05, 4.69) is 28.4 Å². The van der Waals surface area contributed by atoms with E-state index < -0.39 is 0 Å². The SMILES string of the molecule is CCC(C)N(CCOC)c1snc(N)c1C(=O)NC1CC1. The Morgan fingerprint density at radius 1 is 1.62 bits per heavy atom. The van der Waals surface area contributed by atoms with Gasteiger partial charge in [0.15, 0.2) is 5.82 Å². The molecule has 1 fully saturated rings. The molecule has 0 aliphatic heterocycles. The monoisotopic (exact) mass is 312 g/mol. The van der Waals surface area contributed by atoms with Crippen LogP contribution in [0, 0.1) is 0 Å². The summed E-state index contributed by atoms with van der Waals surface area (Å²) < 4.78 is 9.37. The van der Waals surface area contributed by atoms with Gasteiger partial charge in [0, 0.05) is 25.7 Å². The minimum atomic E-state index is -0.107. The van der Waals surface area contributed by atoms with Crippen molar-refractivity contribution >= 4 is 28.3 Å². The lowest BCUT2D eigenvalue weighted by Gasteiger charge is -2.29. The quantitative estimate of drug-likeness (QED) is 0.766. The van der Waals surface area contributed by atoms with E-state index in [1.807, 2.05) is 0 Å². The van der Waals surface area contributed by atoms with Crippen LogP contribution in [0.25, 0.3) is 0 Å². The van der Waals surface area contributed by atoms with Gasteiger partial charge in [0.2, 0.25) is 0 Å². The summed E-state index contributed by atoms with van der Waals surface area (Å²) in [7, 11) is 1.68. The summed E-state index contributed by atoms with van der Waals surface area (Å²) >= 11 is 1.29. The first-order valence-electron chi connectivity index (χ1n) is 7.40. The molecule has 2 rings (SSSR count). The molecule has 0 radical (unpaired) electrons. The molecule has 1 aromatic rings. The first-order valence-corrected chi connectivity index (χ1v) is 8.17. The Morgan fingerprint density at radius 2 is 2.33 bits per heavy atom. The van der Waals surface area contributed by atoms with Crippen molar-refractivity contribution < 1.29 is 9.53 Å². The van der Waals surface area contributed by atoms with Crippen LogP contribution in [0.3, 0.4) is 0 Å². The fraction of sp³-hybridized carbons (Fsp3) is 0.714. The van der Waals surface area contributed by atoms with Crippen LogP contribution >= 0.6 is 11.5 Å². The van der Waals surface area contributed by atoms with Crippen molar-refractivity contribution in [3.63, 3.8) is 0 Å². The number of hydrogen-bond acceptors (Lipinski definition) is 6. The third-order valence-electron chi connectivity index (χ3n) is 3.76. The van der Waals surface area contributed by atoms with Crippen molar-refractivity contribution in [2.45, 2.75) is 45.2 Å². The molecule has 0 bridgehead atoms. The number of ether oxygens (including phenoxy) is 1. The van der Waals surface area contributed by atoms with Crippen LogP contribution in [0.15, 0.2) is 0 Å². The number of carbonyl (C=O) groups excluding carboxylic acids is 1. The van der Waals surface area contributed by atoms with Crippen molar-refractivity contribution in [3.8, 4) is 0 Å². The van der Waals surface area contributed by atoms with Crippen LogP contribution in [-0.4, -0.2) is 42.6 Å². The van der Waals surface area contributed by atoms with E-state index in [-0.39, 0.29) is 5.91 Å². The highest BCUT2D eigenvalue weighted by molar-refractivity contribution is 7.11. The number of carbonyl (C=O) groups is 1. The van der Waals surface area contributed by atoms with Gasteiger partial charge in [0.1, 0.15) is 10.6 Å². The average molecular weight is 312 g/mol. The molecule has 1 aliphatic rings. The summed E-state index contributed by atoms with van der Waals surface area (Å²) in [5, 5.41) is 3.84. The number of nitrogens with two attached hydrogens (primary N) is 1. The smallest absolute Gasteiger partial charge is 0.258 e. The molecular formula is C14H24N4O2S. The van der Waals surface area contributed by atoms with Crippen molar-refractivity contribution in [2.24, 2.45) is 0 Å². The van der Waals surface area contributed by atoms with Gasteiger partial charge in [0.25, 0.3) is 5.91 Å². The summed E-state index contributed by atoms with van der Waals surface area (Å²) in [6, 6.07) is 0.605. The molecule has 21 heavy (non-hydrogen) atoms. The Morgan fingerprint density at radius 3 is 2.90 bits per heavy atom. The fourth-order valence-corrected chi connectivity index (χ4v) is 3.06. The van der Waals surface area contributed by atoms with Crippen LogP contribution < -0.4 is 16.0 Å². The zero-order valence-corrected chi connectivity index (χ0v) is 13.7. The van der Waals surface area contributed by atoms with E-state index in [0.717, 1.165) is 30.8 Å². The largest absolute Gasteiger partial charge is 0.383 e. The fourth-order valence-electron chi connectivity index (χ4n) is 2.12. The molecule has 6 nitrogen and oxygen atoms in total. The number of nitrogens with zero attached hydrogens (tertiary/aromatic N) is 2. The summed E-state index contributed by atoms with van der Waals surface area (Å²) in [5.74, 6) is 0.211. The predicted molar refractivity (Wildman–Crippen MR) is 86.0 cm³/mol. The van der Waals surface area contributed by atoms with Crippen LogP contribution in [0.5, 0.6) is 0 Å². The zero-order chi connectivity index (χ0) is 15.4. The number of amides is 1. The van der Waals surface area contributed by atoms with Crippen LogP contribution in [-0.2, 0) is 4.74 Å². The Hall–Kier alpha value is -1.34. The van der Waals surface area contributed by atoms with Crippen LogP contribution in [0.1, 0.15) is 43.5 Å². The molecule has 1 aromatic heterocycles.